The monoisotopic (exact) mass is 466 g/mol. The molecule has 2 aliphatic rings. The van der Waals surface area contributed by atoms with Crippen LogP contribution in [0, 0.1) is 0 Å². The molecule has 1 atom stereocenters. The fourth-order valence-corrected chi connectivity index (χ4v) is 5.61. The Kier molecular flexibility index (Phi) is 5.80. The molecule has 1 saturated carbocycles. The van der Waals surface area contributed by atoms with E-state index in [1.54, 1.807) is 0 Å². The van der Waals surface area contributed by atoms with Gasteiger partial charge in [-0.3, -0.25) is 4.68 Å². The summed E-state index contributed by atoms with van der Waals surface area (Å²) in [6.45, 7) is 5.01. The number of aromatic nitrogens is 3. The molecule has 1 aliphatic carbocycles. The van der Waals surface area contributed by atoms with E-state index in [-0.39, 0.29) is 0 Å². The molecule has 0 radical (unpaired) electrons. The number of piperazine rings is 1. The Morgan fingerprint density at radius 2 is 1.83 bits per heavy atom. The number of nitrogens with two attached hydrogens (primary N) is 1. The first kappa shape index (κ1) is 22.0. The van der Waals surface area contributed by atoms with Crippen LogP contribution in [0.1, 0.15) is 43.5 Å². The minimum Gasteiger partial charge on any atom is -0.384 e. The highest BCUT2D eigenvalue weighted by Gasteiger charge is 2.29. The van der Waals surface area contributed by atoms with Gasteiger partial charge in [-0.2, -0.15) is 5.10 Å². The number of nitrogen functional groups attached to an aromatic ring is 1. The molecule has 2 N–H and O–H groups in total. The third-order valence-electron chi connectivity index (χ3n) is 7.74. The average molecular weight is 467 g/mol. The van der Waals surface area contributed by atoms with Crippen molar-refractivity contribution in [1.82, 2.24) is 14.8 Å². The van der Waals surface area contributed by atoms with Crippen molar-refractivity contribution >= 4 is 28.2 Å². The molecular weight excluding hydrogens is 432 g/mol. The van der Waals surface area contributed by atoms with Crippen molar-refractivity contribution in [3.63, 3.8) is 0 Å². The molecule has 35 heavy (non-hydrogen) atoms. The lowest BCUT2D eigenvalue weighted by molar-refractivity contribution is 0.296. The van der Waals surface area contributed by atoms with Gasteiger partial charge in [-0.25, -0.2) is 4.98 Å². The Morgan fingerprint density at radius 1 is 0.971 bits per heavy atom. The van der Waals surface area contributed by atoms with Gasteiger partial charge in [-0.15, -0.1) is 0 Å². The molecule has 1 saturated heterocycles. The van der Waals surface area contributed by atoms with E-state index in [1.807, 2.05) is 12.1 Å². The van der Waals surface area contributed by atoms with Crippen molar-refractivity contribution in [3.8, 4) is 0 Å². The number of anilines is 3. The van der Waals surface area contributed by atoms with Gasteiger partial charge in [0.1, 0.15) is 11.6 Å². The zero-order valence-corrected chi connectivity index (χ0v) is 20.5. The van der Waals surface area contributed by atoms with Crippen LogP contribution < -0.4 is 15.5 Å². The number of benzene rings is 2. The SMILES string of the molecule is CCc1nn(C2CCC2)c2cc(N3CCN(c4cccc(N)n4)[C@@H](Cc4ccccc4)C3)ccc12. The average Bonchev–Trinajstić information content (AvgIpc) is 3.21. The number of nitrogens with zero attached hydrogens (tertiary/aromatic N) is 5. The molecule has 6 rings (SSSR count). The van der Waals surface area contributed by atoms with E-state index in [0.717, 1.165) is 38.3 Å². The Hall–Kier alpha value is -3.54. The fraction of sp³-hybridized carbons (Fsp3) is 0.379. The quantitative estimate of drug-likeness (QED) is 0.421. The van der Waals surface area contributed by atoms with Crippen molar-refractivity contribution in [1.29, 1.82) is 0 Å². The van der Waals surface area contributed by atoms with Crippen molar-refractivity contribution in [2.75, 3.05) is 35.2 Å². The minimum atomic E-state index is 0.305. The van der Waals surface area contributed by atoms with E-state index in [1.165, 1.54) is 47.1 Å². The van der Waals surface area contributed by atoms with Crippen molar-refractivity contribution in [2.45, 2.75) is 51.1 Å². The largest absolute Gasteiger partial charge is 0.384 e. The molecule has 2 aromatic heterocycles. The van der Waals surface area contributed by atoms with Crippen LogP contribution in [0.25, 0.3) is 10.9 Å². The standard InChI is InChI=1S/C29H34N6/c1-2-26-25-15-14-23(19-27(25)35(32-26)22-10-6-11-22)33-16-17-34(29-13-7-12-28(30)31-29)24(20-33)18-21-8-4-3-5-9-21/h3-5,7-9,12-15,19,22,24H,2,6,10-11,16-18,20H2,1H3,(H2,30,31)/t24-/m0/s1. The van der Waals surface area contributed by atoms with Crippen LogP contribution in [-0.4, -0.2) is 40.4 Å². The van der Waals surface area contributed by atoms with Crippen LogP contribution in [0.2, 0.25) is 0 Å². The third kappa shape index (κ3) is 4.22. The maximum atomic E-state index is 6.05. The highest BCUT2D eigenvalue weighted by atomic mass is 15.3. The van der Waals surface area contributed by atoms with E-state index >= 15 is 0 Å². The Labute approximate surface area is 207 Å². The number of aryl methyl sites for hydroxylation is 1. The molecule has 0 spiro atoms. The summed E-state index contributed by atoms with van der Waals surface area (Å²) in [6.07, 6.45) is 5.75. The zero-order valence-electron chi connectivity index (χ0n) is 20.5. The molecule has 0 unspecified atom stereocenters. The van der Waals surface area contributed by atoms with Crippen LogP contribution in [-0.2, 0) is 12.8 Å². The molecule has 3 heterocycles. The second-order valence-electron chi connectivity index (χ2n) is 9.93. The lowest BCUT2D eigenvalue weighted by Crippen LogP contribution is -2.54. The number of rotatable bonds is 6. The molecule has 0 bridgehead atoms. The van der Waals surface area contributed by atoms with Gasteiger partial charge in [0.25, 0.3) is 0 Å². The minimum absolute atomic E-state index is 0.305. The highest BCUT2D eigenvalue weighted by Crippen LogP contribution is 2.36. The van der Waals surface area contributed by atoms with Crippen LogP contribution in [0.4, 0.5) is 17.3 Å². The first-order chi connectivity index (χ1) is 17.2. The summed E-state index contributed by atoms with van der Waals surface area (Å²) in [5, 5.41) is 6.33. The summed E-state index contributed by atoms with van der Waals surface area (Å²) in [6, 6.07) is 24.6. The summed E-state index contributed by atoms with van der Waals surface area (Å²) in [5.74, 6) is 1.54. The third-order valence-corrected chi connectivity index (χ3v) is 7.74. The molecule has 2 aromatic carbocycles. The topological polar surface area (TPSA) is 63.2 Å². The lowest BCUT2D eigenvalue weighted by Gasteiger charge is -2.43. The summed E-state index contributed by atoms with van der Waals surface area (Å²) < 4.78 is 2.32. The lowest BCUT2D eigenvalue weighted by atomic mass is 9.93. The van der Waals surface area contributed by atoms with Gasteiger partial charge in [0.05, 0.1) is 23.3 Å². The van der Waals surface area contributed by atoms with E-state index in [2.05, 4.69) is 81.0 Å². The van der Waals surface area contributed by atoms with Crippen molar-refractivity contribution in [3.05, 3.63) is 78.0 Å². The summed E-state index contributed by atoms with van der Waals surface area (Å²) in [7, 11) is 0. The molecule has 6 heteroatoms. The number of hydrogen-bond acceptors (Lipinski definition) is 5. The normalized spacial score (nSPS) is 18.7. The molecule has 4 aromatic rings. The predicted molar refractivity (Wildman–Crippen MR) is 144 cm³/mol. The molecule has 6 nitrogen and oxygen atoms in total. The van der Waals surface area contributed by atoms with Crippen molar-refractivity contribution in [2.24, 2.45) is 0 Å². The van der Waals surface area contributed by atoms with Gasteiger partial charge in [-0.05, 0) is 68.0 Å². The molecule has 2 fully saturated rings. The van der Waals surface area contributed by atoms with Crippen LogP contribution in [0.5, 0.6) is 0 Å². The van der Waals surface area contributed by atoms with Gasteiger partial charge in [0.15, 0.2) is 0 Å². The maximum absolute atomic E-state index is 6.05. The van der Waals surface area contributed by atoms with Crippen LogP contribution in [0.15, 0.2) is 66.7 Å². The predicted octanol–water partition coefficient (Wildman–Crippen LogP) is 5.24. The summed E-state index contributed by atoms with van der Waals surface area (Å²) in [4.78, 5) is 9.64. The molecule has 0 amide bonds. The van der Waals surface area contributed by atoms with Gasteiger partial charge < -0.3 is 15.5 Å². The molecule has 180 valence electrons. The van der Waals surface area contributed by atoms with E-state index < -0.39 is 0 Å². The zero-order chi connectivity index (χ0) is 23.8. The Balaban J connectivity index is 1.32. The van der Waals surface area contributed by atoms with E-state index in [4.69, 9.17) is 10.8 Å². The molecule has 1 aliphatic heterocycles. The van der Waals surface area contributed by atoms with E-state index in [0.29, 0.717) is 17.9 Å². The number of hydrogen-bond donors (Lipinski definition) is 1. The van der Waals surface area contributed by atoms with Gasteiger partial charge in [0.2, 0.25) is 0 Å². The fourth-order valence-electron chi connectivity index (χ4n) is 5.61. The first-order valence-electron chi connectivity index (χ1n) is 13.0. The summed E-state index contributed by atoms with van der Waals surface area (Å²) >= 11 is 0. The Bertz CT molecular complexity index is 1310. The van der Waals surface area contributed by atoms with Crippen LogP contribution in [0.3, 0.4) is 0 Å². The van der Waals surface area contributed by atoms with Gasteiger partial charge in [0, 0.05) is 30.7 Å². The first-order valence-corrected chi connectivity index (χ1v) is 13.0. The summed E-state index contributed by atoms with van der Waals surface area (Å²) in [5.41, 5.74) is 11.2. The van der Waals surface area contributed by atoms with Gasteiger partial charge in [-0.1, -0.05) is 43.3 Å². The number of pyridine rings is 1. The molecular formula is C29H34N6. The van der Waals surface area contributed by atoms with Crippen LogP contribution >= 0.6 is 0 Å². The second-order valence-corrected chi connectivity index (χ2v) is 9.93. The maximum Gasteiger partial charge on any atom is 0.131 e. The van der Waals surface area contributed by atoms with E-state index in [9.17, 15) is 0 Å². The Morgan fingerprint density at radius 3 is 2.57 bits per heavy atom. The smallest absolute Gasteiger partial charge is 0.131 e. The number of fused-ring (bicyclic) bond motifs is 1. The van der Waals surface area contributed by atoms with Gasteiger partial charge >= 0.3 is 0 Å². The highest BCUT2D eigenvalue weighted by molar-refractivity contribution is 5.85. The van der Waals surface area contributed by atoms with Crippen molar-refractivity contribution < 1.29 is 0 Å². The second kappa shape index (κ2) is 9.25.